The van der Waals surface area contributed by atoms with Gasteiger partial charge in [0, 0.05) is 18.2 Å². The van der Waals surface area contributed by atoms with E-state index in [4.69, 9.17) is 9.47 Å². The summed E-state index contributed by atoms with van der Waals surface area (Å²) in [6.45, 7) is 4.33. The zero-order chi connectivity index (χ0) is 13.9. The van der Waals surface area contributed by atoms with Crippen LogP contribution in [0, 0.1) is 12.3 Å². The molecule has 0 spiro atoms. The number of aromatic nitrogens is 1. The summed E-state index contributed by atoms with van der Waals surface area (Å²) in [5.74, 6) is -0.604. The van der Waals surface area contributed by atoms with Crippen LogP contribution in [-0.2, 0) is 25.5 Å². The molecule has 0 saturated carbocycles. The van der Waals surface area contributed by atoms with Gasteiger partial charge in [0.2, 0.25) is 0 Å². The molecule has 5 nitrogen and oxygen atoms in total. The average molecular weight is 283 g/mol. The number of hydrogen-bond donors (Lipinski definition) is 0. The van der Waals surface area contributed by atoms with Crippen LogP contribution in [0.3, 0.4) is 0 Å². The highest BCUT2D eigenvalue weighted by atomic mass is 32.1. The van der Waals surface area contributed by atoms with E-state index in [2.05, 4.69) is 4.98 Å². The molecule has 2 rings (SSSR count). The van der Waals surface area contributed by atoms with Crippen molar-refractivity contribution in [2.24, 2.45) is 5.41 Å². The first-order valence-corrected chi connectivity index (χ1v) is 7.16. The van der Waals surface area contributed by atoms with Crippen LogP contribution in [0.5, 0.6) is 0 Å². The fourth-order valence-electron chi connectivity index (χ4n) is 2.19. The Kier molecular flexibility index (Phi) is 4.31. The standard InChI is InChI=1S/C13H17NO4S/c1-3-18-12(16)13(8-17-5-4-11(13)15)6-10-7-19-9(2)14-10/h7H,3-6,8H2,1-2H3. The predicted octanol–water partition coefficient (Wildman–Crippen LogP) is 1.53. The maximum absolute atomic E-state index is 12.2. The molecule has 6 heteroatoms. The third-order valence-corrected chi connectivity index (χ3v) is 3.99. The van der Waals surface area contributed by atoms with Gasteiger partial charge in [0.1, 0.15) is 0 Å². The SMILES string of the molecule is CCOC(=O)C1(Cc2csc(C)n2)COCCC1=O. The summed E-state index contributed by atoms with van der Waals surface area (Å²) < 4.78 is 10.4. The normalized spacial score (nSPS) is 23.4. The van der Waals surface area contributed by atoms with E-state index in [1.165, 1.54) is 11.3 Å². The average Bonchev–Trinajstić information content (AvgIpc) is 2.78. The second-order valence-electron chi connectivity index (χ2n) is 4.56. The first-order chi connectivity index (χ1) is 9.08. The molecule has 0 aliphatic carbocycles. The lowest BCUT2D eigenvalue weighted by atomic mass is 9.77. The third kappa shape index (κ3) is 2.84. The van der Waals surface area contributed by atoms with E-state index >= 15 is 0 Å². The van der Waals surface area contributed by atoms with Gasteiger partial charge in [-0.05, 0) is 13.8 Å². The maximum atomic E-state index is 12.2. The number of ketones is 1. The molecule has 2 heterocycles. The molecule has 104 valence electrons. The Hall–Kier alpha value is -1.27. The van der Waals surface area contributed by atoms with Crippen molar-refractivity contribution < 1.29 is 19.1 Å². The van der Waals surface area contributed by atoms with Gasteiger partial charge in [-0.15, -0.1) is 11.3 Å². The highest BCUT2D eigenvalue weighted by Crippen LogP contribution is 2.31. The number of esters is 1. The molecule has 1 aromatic heterocycles. The van der Waals surface area contributed by atoms with Gasteiger partial charge in [0.05, 0.1) is 30.5 Å². The second kappa shape index (κ2) is 5.79. The van der Waals surface area contributed by atoms with E-state index in [0.717, 1.165) is 10.7 Å². The van der Waals surface area contributed by atoms with Gasteiger partial charge in [-0.25, -0.2) is 4.98 Å². The molecule has 1 aromatic rings. The number of Topliss-reactive ketones (excluding diaryl/α,β-unsaturated/α-hetero) is 1. The van der Waals surface area contributed by atoms with Crippen molar-refractivity contribution in [1.82, 2.24) is 4.98 Å². The number of rotatable bonds is 4. The molecule has 19 heavy (non-hydrogen) atoms. The zero-order valence-electron chi connectivity index (χ0n) is 11.1. The summed E-state index contributed by atoms with van der Waals surface area (Å²) >= 11 is 1.50. The van der Waals surface area contributed by atoms with Gasteiger partial charge in [-0.2, -0.15) is 0 Å². The molecular formula is C13H17NO4S. The van der Waals surface area contributed by atoms with Gasteiger partial charge in [-0.3, -0.25) is 9.59 Å². The van der Waals surface area contributed by atoms with Crippen LogP contribution in [0.15, 0.2) is 5.38 Å². The Morgan fingerprint density at radius 1 is 1.63 bits per heavy atom. The summed E-state index contributed by atoms with van der Waals surface area (Å²) in [5, 5.41) is 2.79. The first kappa shape index (κ1) is 14.1. The molecule has 1 saturated heterocycles. The Balaban J connectivity index is 2.27. The topological polar surface area (TPSA) is 65.5 Å². The summed E-state index contributed by atoms with van der Waals surface area (Å²) in [4.78, 5) is 28.8. The summed E-state index contributed by atoms with van der Waals surface area (Å²) in [7, 11) is 0. The number of carbonyl (C=O) groups excluding carboxylic acids is 2. The molecule has 1 aliphatic heterocycles. The molecule has 0 aromatic carbocycles. The van der Waals surface area contributed by atoms with Crippen LogP contribution in [0.25, 0.3) is 0 Å². The quantitative estimate of drug-likeness (QED) is 0.619. The van der Waals surface area contributed by atoms with Gasteiger partial charge in [0.15, 0.2) is 11.2 Å². The second-order valence-corrected chi connectivity index (χ2v) is 5.63. The number of carbonyl (C=O) groups is 2. The highest BCUT2D eigenvalue weighted by molar-refractivity contribution is 7.09. The maximum Gasteiger partial charge on any atom is 0.322 e. The lowest BCUT2D eigenvalue weighted by molar-refractivity contribution is -0.169. The largest absolute Gasteiger partial charge is 0.465 e. The first-order valence-electron chi connectivity index (χ1n) is 6.28. The molecule has 0 amide bonds. The molecule has 0 N–H and O–H groups in total. The van der Waals surface area contributed by atoms with Gasteiger partial charge in [-0.1, -0.05) is 0 Å². The summed E-state index contributed by atoms with van der Waals surface area (Å²) in [5.41, 5.74) is -0.469. The minimum Gasteiger partial charge on any atom is -0.465 e. The molecule has 1 unspecified atom stereocenters. The highest BCUT2D eigenvalue weighted by Gasteiger charge is 2.49. The van der Waals surface area contributed by atoms with Gasteiger partial charge >= 0.3 is 5.97 Å². The number of hydrogen-bond acceptors (Lipinski definition) is 6. The van der Waals surface area contributed by atoms with E-state index in [1.54, 1.807) is 6.92 Å². The van der Waals surface area contributed by atoms with Crippen LogP contribution in [-0.4, -0.2) is 36.6 Å². The van der Waals surface area contributed by atoms with Crippen molar-refractivity contribution in [1.29, 1.82) is 0 Å². The predicted molar refractivity (Wildman–Crippen MR) is 70.1 cm³/mol. The fraction of sp³-hybridized carbons (Fsp3) is 0.615. The number of aryl methyl sites for hydroxylation is 1. The Morgan fingerprint density at radius 2 is 2.42 bits per heavy atom. The molecular weight excluding hydrogens is 266 g/mol. The van der Waals surface area contributed by atoms with Crippen LogP contribution >= 0.6 is 11.3 Å². The van der Waals surface area contributed by atoms with Crippen LogP contribution in [0.4, 0.5) is 0 Å². The minimum absolute atomic E-state index is 0.0846. The Bertz CT molecular complexity index is 485. The van der Waals surface area contributed by atoms with Crippen molar-refractivity contribution >= 4 is 23.1 Å². The van der Waals surface area contributed by atoms with Crippen LogP contribution < -0.4 is 0 Å². The summed E-state index contributed by atoms with van der Waals surface area (Å²) in [6, 6.07) is 0. The lowest BCUT2D eigenvalue weighted by Gasteiger charge is -2.32. The van der Waals surface area contributed by atoms with Crippen LogP contribution in [0.2, 0.25) is 0 Å². The minimum atomic E-state index is -1.21. The molecule has 1 atom stereocenters. The van der Waals surface area contributed by atoms with Gasteiger partial charge in [0.25, 0.3) is 0 Å². The molecule has 0 bridgehead atoms. The van der Waals surface area contributed by atoms with E-state index < -0.39 is 11.4 Å². The van der Waals surface area contributed by atoms with Crippen molar-refractivity contribution in [2.75, 3.05) is 19.8 Å². The smallest absolute Gasteiger partial charge is 0.322 e. The van der Waals surface area contributed by atoms with E-state index in [0.29, 0.717) is 6.61 Å². The monoisotopic (exact) mass is 283 g/mol. The van der Waals surface area contributed by atoms with Crippen molar-refractivity contribution in [3.8, 4) is 0 Å². The number of thiazole rings is 1. The molecule has 1 fully saturated rings. The zero-order valence-corrected chi connectivity index (χ0v) is 11.9. The van der Waals surface area contributed by atoms with E-state index in [-0.39, 0.29) is 31.8 Å². The molecule has 1 aliphatic rings. The van der Waals surface area contributed by atoms with Crippen molar-refractivity contribution in [3.63, 3.8) is 0 Å². The van der Waals surface area contributed by atoms with E-state index in [9.17, 15) is 9.59 Å². The Labute approximate surface area is 115 Å². The molecule has 0 radical (unpaired) electrons. The summed E-state index contributed by atoms with van der Waals surface area (Å²) in [6.07, 6.45) is 0.511. The van der Waals surface area contributed by atoms with Crippen LogP contribution in [0.1, 0.15) is 24.0 Å². The van der Waals surface area contributed by atoms with Gasteiger partial charge < -0.3 is 9.47 Å². The third-order valence-electron chi connectivity index (χ3n) is 3.17. The van der Waals surface area contributed by atoms with E-state index in [1.807, 2.05) is 12.3 Å². The fourth-order valence-corrected chi connectivity index (χ4v) is 2.81. The van der Waals surface area contributed by atoms with Crippen molar-refractivity contribution in [3.05, 3.63) is 16.1 Å². The van der Waals surface area contributed by atoms with Crippen molar-refractivity contribution in [2.45, 2.75) is 26.7 Å². The lowest BCUT2D eigenvalue weighted by Crippen LogP contribution is -2.49. The number of nitrogens with zero attached hydrogens (tertiary/aromatic N) is 1. The Morgan fingerprint density at radius 3 is 3.00 bits per heavy atom. The number of ether oxygens (including phenoxy) is 2.